The van der Waals surface area contributed by atoms with Crippen molar-refractivity contribution in [3.63, 3.8) is 0 Å². The van der Waals surface area contributed by atoms with Crippen LogP contribution in [0.3, 0.4) is 0 Å². The maximum atomic E-state index is 9.48. The van der Waals surface area contributed by atoms with E-state index < -0.39 is 0 Å². The molecule has 106 valence electrons. The fraction of sp³-hybridized carbons (Fsp3) is 0.385. The van der Waals surface area contributed by atoms with Crippen molar-refractivity contribution in [2.24, 2.45) is 0 Å². The summed E-state index contributed by atoms with van der Waals surface area (Å²) >= 11 is 0. The fourth-order valence-electron chi connectivity index (χ4n) is 2.23. The zero-order valence-corrected chi connectivity index (χ0v) is 10.9. The van der Waals surface area contributed by atoms with Gasteiger partial charge in [-0.15, -0.1) is 0 Å². The van der Waals surface area contributed by atoms with Gasteiger partial charge in [0.25, 0.3) is 0 Å². The van der Waals surface area contributed by atoms with Crippen LogP contribution in [0.4, 0.5) is 0 Å². The summed E-state index contributed by atoms with van der Waals surface area (Å²) in [5.41, 5.74) is 0.580. The standard InChI is InChI=1S/C13H15N3O4/c1-19-8-5-9(14-6-8)13-15-12(16-20-13)7-2-3-10(17)11(18)4-7/h2-4,8-9,14,17-18H,5-6H2,1H3/t8-,9+/m0/s1. The van der Waals surface area contributed by atoms with Crippen molar-refractivity contribution in [2.75, 3.05) is 13.7 Å². The highest BCUT2D eigenvalue weighted by Gasteiger charge is 2.29. The number of benzene rings is 1. The largest absolute Gasteiger partial charge is 0.504 e. The number of phenolic OH excluding ortho intramolecular Hbond substituents is 2. The third-order valence-electron chi connectivity index (χ3n) is 3.40. The highest BCUT2D eigenvalue weighted by molar-refractivity contribution is 5.59. The van der Waals surface area contributed by atoms with Crippen LogP contribution in [0.15, 0.2) is 22.7 Å². The van der Waals surface area contributed by atoms with Gasteiger partial charge in [-0.1, -0.05) is 5.16 Å². The van der Waals surface area contributed by atoms with Gasteiger partial charge < -0.3 is 24.8 Å². The van der Waals surface area contributed by atoms with Gasteiger partial charge in [0, 0.05) is 19.2 Å². The van der Waals surface area contributed by atoms with E-state index in [0.29, 0.717) is 17.3 Å². The molecule has 0 amide bonds. The summed E-state index contributed by atoms with van der Waals surface area (Å²) in [7, 11) is 1.67. The predicted molar refractivity (Wildman–Crippen MR) is 69.2 cm³/mol. The lowest BCUT2D eigenvalue weighted by Gasteiger charge is -2.04. The molecule has 0 bridgehead atoms. The minimum absolute atomic E-state index is 0.0214. The van der Waals surface area contributed by atoms with Gasteiger partial charge in [0.2, 0.25) is 11.7 Å². The van der Waals surface area contributed by atoms with E-state index in [1.807, 2.05) is 0 Å². The van der Waals surface area contributed by atoms with Crippen molar-refractivity contribution in [1.82, 2.24) is 15.5 Å². The van der Waals surface area contributed by atoms with Crippen molar-refractivity contribution < 1.29 is 19.5 Å². The van der Waals surface area contributed by atoms with E-state index >= 15 is 0 Å². The maximum Gasteiger partial charge on any atom is 0.244 e. The molecule has 2 aromatic rings. The molecule has 1 aliphatic rings. The van der Waals surface area contributed by atoms with Crippen LogP contribution in [0.1, 0.15) is 18.4 Å². The summed E-state index contributed by atoms with van der Waals surface area (Å²) in [5.74, 6) is 0.468. The Morgan fingerprint density at radius 1 is 1.35 bits per heavy atom. The first-order valence-electron chi connectivity index (χ1n) is 6.29. The molecule has 3 N–H and O–H groups in total. The molecule has 3 rings (SSSR count). The Bertz CT molecular complexity index is 613. The summed E-state index contributed by atoms with van der Waals surface area (Å²) in [4.78, 5) is 4.31. The van der Waals surface area contributed by atoms with Crippen LogP contribution in [0, 0.1) is 0 Å². The number of rotatable bonds is 3. The molecule has 0 aliphatic carbocycles. The van der Waals surface area contributed by atoms with Crippen molar-refractivity contribution in [1.29, 1.82) is 0 Å². The molecule has 0 radical (unpaired) electrons. The van der Waals surface area contributed by atoms with Crippen molar-refractivity contribution >= 4 is 0 Å². The first-order chi connectivity index (χ1) is 9.67. The Kier molecular flexibility index (Phi) is 3.29. The molecule has 1 saturated heterocycles. The van der Waals surface area contributed by atoms with Crippen LogP contribution in [0.25, 0.3) is 11.4 Å². The average molecular weight is 277 g/mol. The summed E-state index contributed by atoms with van der Waals surface area (Å²) in [5, 5.41) is 25.9. The molecule has 0 unspecified atom stereocenters. The predicted octanol–water partition coefficient (Wildman–Crippen LogP) is 1.20. The Labute approximate surface area is 115 Å². The molecule has 0 saturated carbocycles. The van der Waals surface area contributed by atoms with Gasteiger partial charge in [-0.25, -0.2) is 0 Å². The fourth-order valence-corrected chi connectivity index (χ4v) is 2.23. The van der Waals surface area contributed by atoms with Crippen molar-refractivity contribution in [3.05, 3.63) is 24.1 Å². The monoisotopic (exact) mass is 277 g/mol. The van der Waals surface area contributed by atoms with E-state index in [0.717, 1.165) is 13.0 Å². The van der Waals surface area contributed by atoms with Gasteiger partial charge >= 0.3 is 0 Å². The number of hydrogen-bond donors (Lipinski definition) is 3. The number of hydrogen-bond acceptors (Lipinski definition) is 7. The van der Waals surface area contributed by atoms with Gasteiger partial charge in [-0.2, -0.15) is 4.98 Å². The number of nitrogens with one attached hydrogen (secondary N) is 1. The molecule has 2 heterocycles. The second kappa shape index (κ2) is 5.10. The van der Waals surface area contributed by atoms with E-state index in [2.05, 4.69) is 15.5 Å². The van der Waals surface area contributed by atoms with Gasteiger partial charge in [-0.3, -0.25) is 0 Å². The lowest BCUT2D eigenvalue weighted by atomic mass is 10.2. The van der Waals surface area contributed by atoms with Crippen molar-refractivity contribution in [2.45, 2.75) is 18.6 Å². The van der Waals surface area contributed by atoms with Crippen LogP contribution >= 0.6 is 0 Å². The number of aromatic hydroxyl groups is 2. The first-order valence-corrected chi connectivity index (χ1v) is 6.29. The Morgan fingerprint density at radius 2 is 2.20 bits per heavy atom. The molecule has 1 fully saturated rings. The zero-order valence-electron chi connectivity index (χ0n) is 10.9. The third kappa shape index (κ3) is 2.33. The van der Waals surface area contributed by atoms with E-state index in [4.69, 9.17) is 9.26 Å². The van der Waals surface area contributed by atoms with E-state index in [1.165, 1.54) is 12.1 Å². The highest BCUT2D eigenvalue weighted by Crippen LogP contribution is 2.30. The summed E-state index contributed by atoms with van der Waals surface area (Å²) in [6.07, 6.45) is 0.923. The van der Waals surface area contributed by atoms with Gasteiger partial charge in [0.05, 0.1) is 12.1 Å². The second-order valence-corrected chi connectivity index (χ2v) is 4.71. The quantitative estimate of drug-likeness (QED) is 0.724. The lowest BCUT2D eigenvalue weighted by Crippen LogP contribution is -2.16. The molecule has 1 aromatic heterocycles. The molecule has 1 aromatic carbocycles. The normalized spacial score (nSPS) is 22.2. The number of ether oxygens (including phenoxy) is 1. The lowest BCUT2D eigenvalue weighted by molar-refractivity contribution is 0.116. The minimum Gasteiger partial charge on any atom is -0.504 e. The van der Waals surface area contributed by atoms with Gasteiger partial charge in [0.15, 0.2) is 11.5 Å². The Balaban J connectivity index is 1.81. The molecular formula is C13H15N3O4. The Morgan fingerprint density at radius 3 is 2.90 bits per heavy atom. The van der Waals surface area contributed by atoms with E-state index in [9.17, 15) is 10.2 Å². The SMILES string of the molecule is CO[C@@H]1CN[C@@H](c2nc(-c3ccc(O)c(O)c3)no2)C1. The van der Waals surface area contributed by atoms with Crippen LogP contribution < -0.4 is 5.32 Å². The highest BCUT2D eigenvalue weighted by atomic mass is 16.5. The Hall–Kier alpha value is -2.12. The summed E-state index contributed by atoms with van der Waals surface area (Å²) in [6, 6.07) is 4.37. The molecule has 1 aliphatic heterocycles. The summed E-state index contributed by atoms with van der Waals surface area (Å²) in [6.45, 7) is 0.749. The molecule has 20 heavy (non-hydrogen) atoms. The van der Waals surface area contributed by atoms with Crippen LogP contribution in [0.5, 0.6) is 11.5 Å². The van der Waals surface area contributed by atoms with Crippen LogP contribution in [0.2, 0.25) is 0 Å². The minimum atomic E-state index is -0.215. The van der Waals surface area contributed by atoms with Crippen molar-refractivity contribution in [3.8, 4) is 22.9 Å². The topological polar surface area (TPSA) is 101 Å². The second-order valence-electron chi connectivity index (χ2n) is 4.71. The maximum absolute atomic E-state index is 9.48. The molecule has 7 heteroatoms. The smallest absolute Gasteiger partial charge is 0.244 e. The van der Waals surface area contributed by atoms with Gasteiger partial charge in [-0.05, 0) is 24.6 Å². The first kappa shape index (κ1) is 12.9. The third-order valence-corrected chi connectivity index (χ3v) is 3.40. The molecule has 2 atom stereocenters. The van der Waals surface area contributed by atoms with Crippen LogP contribution in [-0.4, -0.2) is 40.1 Å². The number of nitrogens with zero attached hydrogens (tertiary/aromatic N) is 2. The molecule has 0 spiro atoms. The van der Waals surface area contributed by atoms with Crippen LogP contribution in [-0.2, 0) is 4.74 Å². The van der Waals surface area contributed by atoms with E-state index in [-0.39, 0.29) is 23.6 Å². The molecule has 7 nitrogen and oxygen atoms in total. The summed E-state index contributed by atoms with van der Waals surface area (Å²) < 4.78 is 10.5. The number of phenols is 2. The number of aromatic nitrogens is 2. The van der Waals surface area contributed by atoms with Gasteiger partial charge in [0.1, 0.15) is 0 Å². The molecular weight excluding hydrogens is 262 g/mol. The van der Waals surface area contributed by atoms with E-state index in [1.54, 1.807) is 13.2 Å². The average Bonchev–Trinajstić information content (AvgIpc) is 3.09. The number of methoxy groups -OCH3 is 1. The zero-order chi connectivity index (χ0) is 14.1.